The minimum absolute atomic E-state index is 0.141. The van der Waals surface area contributed by atoms with Crippen molar-refractivity contribution in [2.24, 2.45) is 11.8 Å². The van der Waals surface area contributed by atoms with Crippen molar-refractivity contribution in [1.82, 2.24) is 15.1 Å². The molecule has 0 saturated carbocycles. The summed E-state index contributed by atoms with van der Waals surface area (Å²) in [5, 5.41) is 5.82. The Kier molecular flexibility index (Phi) is 8.22. The fraction of sp³-hybridized carbons (Fsp3) is 0.343. The molecule has 6 rings (SSSR count). The van der Waals surface area contributed by atoms with E-state index in [1.54, 1.807) is 12.1 Å². The number of hydrogen-bond donors (Lipinski definition) is 1. The van der Waals surface area contributed by atoms with E-state index in [4.69, 9.17) is 0 Å². The summed E-state index contributed by atoms with van der Waals surface area (Å²) in [5.41, 5.74) is 3.33. The lowest BCUT2D eigenvalue weighted by Crippen LogP contribution is -2.40. The van der Waals surface area contributed by atoms with Crippen molar-refractivity contribution in [2.45, 2.75) is 25.3 Å². The lowest BCUT2D eigenvalue weighted by molar-refractivity contribution is 0.0782. The van der Waals surface area contributed by atoms with E-state index in [1.165, 1.54) is 11.1 Å². The Bertz CT molecular complexity index is 1410. The summed E-state index contributed by atoms with van der Waals surface area (Å²) in [4.78, 5) is 18.5. The second-order valence-electron chi connectivity index (χ2n) is 11.5. The van der Waals surface area contributed by atoms with Crippen molar-refractivity contribution >= 4 is 16.7 Å². The zero-order valence-electron chi connectivity index (χ0n) is 23.0. The Morgan fingerprint density at radius 3 is 2.30 bits per heavy atom. The SMILES string of the molecule is O=C(c1cccc2ccccc12)N1CC(CNCc2ccccc2)[C@H](CN2CCC(c3ccc(F)cc3)CC2)C1. The van der Waals surface area contributed by atoms with Crippen LogP contribution in [0.3, 0.4) is 0 Å². The fourth-order valence-electron chi connectivity index (χ4n) is 6.64. The molecule has 2 atom stereocenters. The van der Waals surface area contributed by atoms with Crippen molar-refractivity contribution in [3.63, 3.8) is 0 Å². The Hall–Kier alpha value is -3.54. The fourth-order valence-corrected chi connectivity index (χ4v) is 6.64. The highest BCUT2D eigenvalue weighted by Crippen LogP contribution is 2.32. The van der Waals surface area contributed by atoms with Crippen molar-refractivity contribution in [3.8, 4) is 0 Å². The lowest BCUT2D eigenvalue weighted by atomic mass is 9.88. The normalized spacial score (nSPS) is 20.3. The first-order valence-electron chi connectivity index (χ1n) is 14.6. The van der Waals surface area contributed by atoms with E-state index < -0.39 is 0 Å². The van der Waals surface area contributed by atoms with E-state index in [9.17, 15) is 9.18 Å². The molecular weight excluding hydrogens is 497 g/mol. The number of rotatable bonds is 8. The Balaban J connectivity index is 1.13. The number of nitrogens with one attached hydrogen (secondary N) is 1. The van der Waals surface area contributed by atoms with Crippen molar-refractivity contribution < 1.29 is 9.18 Å². The van der Waals surface area contributed by atoms with Gasteiger partial charge in [0, 0.05) is 38.3 Å². The maximum absolute atomic E-state index is 13.8. The first-order valence-corrected chi connectivity index (χ1v) is 14.6. The molecular formula is C35H38FN3O. The molecule has 0 bridgehead atoms. The minimum atomic E-state index is -0.170. The van der Waals surface area contributed by atoms with E-state index in [1.807, 2.05) is 42.5 Å². The van der Waals surface area contributed by atoms with Crippen LogP contribution in [0.25, 0.3) is 10.8 Å². The highest BCUT2D eigenvalue weighted by molar-refractivity contribution is 6.07. The van der Waals surface area contributed by atoms with Gasteiger partial charge in [0.05, 0.1) is 0 Å². The first kappa shape index (κ1) is 26.7. The molecule has 0 aliphatic carbocycles. The van der Waals surface area contributed by atoms with E-state index in [2.05, 4.69) is 57.6 Å². The van der Waals surface area contributed by atoms with Crippen LogP contribution in [0.4, 0.5) is 4.39 Å². The third kappa shape index (κ3) is 6.11. The summed E-state index contributed by atoms with van der Waals surface area (Å²) in [5.74, 6) is 1.29. The third-order valence-corrected chi connectivity index (χ3v) is 8.88. The smallest absolute Gasteiger partial charge is 0.254 e. The number of benzene rings is 4. The van der Waals surface area contributed by atoms with Crippen LogP contribution < -0.4 is 5.32 Å². The van der Waals surface area contributed by atoms with Gasteiger partial charge in [-0.05, 0) is 83.8 Å². The number of carbonyl (C=O) groups excluding carboxylic acids is 1. The van der Waals surface area contributed by atoms with E-state index >= 15 is 0 Å². The van der Waals surface area contributed by atoms with Gasteiger partial charge >= 0.3 is 0 Å². The number of hydrogen-bond acceptors (Lipinski definition) is 3. The van der Waals surface area contributed by atoms with Crippen LogP contribution in [0, 0.1) is 17.7 Å². The molecule has 5 heteroatoms. The maximum Gasteiger partial charge on any atom is 0.254 e. The van der Waals surface area contributed by atoms with Crippen LogP contribution in [0.1, 0.15) is 40.2 Å². The molecule has 1 unspecified atom stereocenters. The predicted octanol–water partition coefficient (Wildman–Crippen LogP) is 6.34. The molecule has 0 aromatic heterocycles. The molecule has 206 valence electrons. The second kappa shape index (κ2) is 12.3. The van der Waals surface area contributed by atoms with Crippen molar-refractivity contribution in [3.05, 3.63) is 120 Å². The van der Waals surface area contributed by atoms with Crippen LogP contribution in [0.2, 0.25) is 0 Å². The zero-order chi connectivity index (χ0) is 27.3. The summed E-state index contributed by atoms with van der Waals surface area (Å²) in [7, 11) is 0. The van der Waals surface area contributed by atoms with Crippen LogP contribution >= 0.6 is 0 Å². The quantitative estimate of drug-likeness (QED) is 0.286. The highest BCUT2D eigenvalue weighted by atomic mass is 19.1. The van der Waals surface area contributed by atoms with Crippen molar-refractivity contribution in [1.29, 1.82) is 0 Å². The number of carbonyl (C=O) groups is 1. The summed E-state index contributed by atoms with van der Waals surface area (Å²) >= 11 is 0. The number of fused-ring (bicyclic) bond motifs is 1. The van der Waals surface area contributed by atoms with Gasteiger partial charge in [-0.1, -0.05) is 78.9 Å². The van der Waals surface area contributed by atoms with Gasteiger partial charge in [0.25, 0.3) is 5.91 Å². The molecule has 40 heavy (non-hydrogen) atoms. The van der Waals surface area contributed by atoms with Gasteiger partial charge in [0.15, 0.2) is 0 Å². The van der Waals surface area contributed by atoms with Gasteiger partial charge in [-0.15, -0.1) is 0 Å². The molecule has 2 heterocycles. The number of likely N-dealkylation sites (tertiary alicyclic amines) is 2. The topological polar surface area (TPSA) is 35.6 Å². The average molecular weight is 536 g/mol. The van der Waals surface area contributed by atoms with E-state index in [-0.39, 0.29) is 11.7 Å². The predicted molar refractivity (Wildman–Crippen MR) is 160 cm³/mol. The number of nitrogens with zero attached hydrogens (tertiary/aromatic N) is 2. The van der Waals surface area contributed by atoms with Gasteiger partial charge in [0.2, 0.25) is 0 Å². The summed E-state index contributed by atoms with van der Waals surface area (Å²) in [6.07, 6.45) is 2.18. The molecule has 2 aliphatic rings. The van der Waals surface area contributed by atoms with Gasteiger partial charge in [0.1, 0.15) is 5.82 Å². The maximum atomic E-state index is 13.8. The molecule has 2 fully saturated rings. The number of amides is 1. The van der Waals surface area contributed by atoms with Gasteiger partial charge < -0.3 is 15.1 Å². The standard InChI is InChI=1S/C35H38FN3O/c36-32-15-13-27(14-16-32)28-17-19-38(20-18-28)23-31-25-39(24-30(31)22-37-21-26-7-2-1-3-8-26)35(40)34-12-6-10-29-9-4-5-11-33(29)34/h1-16,28,30-31,37H,17-25H2/t30?,31-/m1/s1. The third-order valence-electron chi connectivity index (χ3n) is 8.88. The van der Waals surface area contributed by atoms with E-state index in [0.29, 0.717) is 17.8 Å². The first-order chi connectivity index (χ1) is 19.6. The lowest BCUT2D eigenvalue weighted by Gasteiger charge is -2.34. The molecule has 0 spiro atoms. The van der Waals surface area contributed by atoms with Gasteiger partial charge in [-0.2, -0.15) is 0 Å². The summed E-state index contributed by atoms with van der Waals surface area (Å²) < 4.78 is 13.4. The average Bonchev–Trinajstić information content (AvgIpc) is 3.40. The molecule has 2 aliphatic heterocycles. The molecule has 4 aromatic carbocycles. The van der Waals surface area contributed by atoms with Crippen molar-refractivity contribution in [2.75, 3.05) is 39.3 Å². The minimum Gasteiger partial charge on any atom is -0.338 e. The van der Waals surface area contributed by atoms with Crippen LogP contribution in [0.15, 0.2) is 97.1 Å². The van der Waals surface area contributed by atoms with E-state index in [0.717, 1.165) is 75.0 Å². The Morgan fingerprint density at radius 1 is 0.800 bits per heavy atom. The second-order valence-corrected chi connectivity index (χ2v) is 11.5. The van der Waals surface area contributed by atoms with Gasteiger partial charge in [-0.25, -0.2) is 4.39 Å². The molecule has 4 nitrogen and oxygen atoms in total. The number of halogens is 1. The van der Waals surface area contributed by atoms with Crippen LogP contribution in [-0.4, -0.2) is 55.0 Å². The Morgan fingerprint density at radius 2 is 1.50 bits per heavy atom. The molecule has 1 amide bonds. The summed E-state index contributed by atoms with van der Waals surface area (Å²) in [6.45, 7) is 6.39. The largest absolute Gasteiger partial charge is 0.338 e. The molecule has 1 N–H and O–H groups in total. The number of piperidine rings is 1. The van der Waals surface area contributed by atoms with Crippen LogP contribution in [-0.2, 0) is 6.54 Å². The van der Waals surface area contributed by atoms with Crippen LogP contribution in [0.5, 0.6) is 0 Å². The Labute approximate surface area is 236 Å². The zero-order valence-corrected chi connectivity index (χ0v) is 23.0. The summed E-state index contributed by atoms with van der Waals surface area (Å²) in [6, 6.07) is 31.8. The molecule has 2 saturated heterocycles. The molecule has 0 radical (unpaired) electrons. The highest BCUT2D eigenvalue weighted by Gasteiger charge is 2.37. The van der Waals surface area contributed by atoms with Gasteiger partial charge in [-0.3, -0.25) is 4.79 Å². The monoisotopic (exact) mass is 535 g/mol. The molecule has 4 aromatic rings.